The van der Waals surface area contributed by atoms with Crippen LogP contribution in [-0.2, 0) is 32.2 Å². The second kappa shape index (κ2) is 5.65. The van der Waals surface area contributed by atoms with Crippen molar-refractivity contribution in [1.82, 2.24) is 5.32 Å². The Bertz CT molecular complexity index is 644. The van der Waals surface area contributed by atoms with Gasteiger partial charge in [-0.25, -0.2) is 0 Å². The lowest BCUT2D eigenvalue weighted by Crippen LogP contribution is -2.34. The number of aryl methyl sites for hydroxylation is 3. The molecule has 2 aromatic rings. The van der Waals surface area contributed by atoms with Crippen molar-refractivity contribution < 1.29 is 0 Å². The summed E-state index contributed by atoms with van der Waals surface area (Å²) in [6.07, 6.45) is 7.56. The molecule has 0 saturated heterocycles. The lowest BCUT2D eigenvalue weighted by atomic mass is 9.88. The molecule has 0 aromatic heterocycles. The highest BCUT2D eigenvalue weighted by molar-refractivity contribution is 5.35. The maximum absolute atomic E-state index is 3.77. The normalized spacial score (nSPS) is 20.1. The molecule has 108 valence electrons. The first kappa shape index (κ1) is 13.1. The first-order chi connectivity index (χ1) is 10.4. The zero-order valence-electron chi connectivity index (χ0n) is 12.6. The third-order valence-electron chi connectivity index (χ3n) is 5.10. The number of rotatable bonds is 3. The summed E-state index contributed by atoms with van der Waals surface area (Å²) in [7, 11) is 0. The van der Waals surface area contributed by atoms with E-state index in [1.54, 1.807) is 16.7 Å². The maximum atomic E-state index is 3.77. The Morgan fingerprint density at radius 1 is 0.857 bits per heavy atom. The predicted octanol–water partition coefficient (Wildman–Crippen LogP) is 3.82. The lowest BCUT2D eigenvalue weighted by molar-refractivity contribution is 0.457. The van der Waals surface area contributed by atoms with E-state index in [1.165, 1.54) is 49.7 Å². The van der Waals surface area contributed by atoms with Gasteiger partial charge in [0.25, 0.3) is 0 Å². The van der Waals surface area contributed by atoms with E-state index in [9.17, 15) is 0 Å². The van der Waals surface area contributed by atoms with Crippen molar-refractivity contribution >= 4 is 0 Å². The Labute approximate surface area is 127 Å². The molecule has 1 N–H and O–H groups in total. The molecule has 0 amide bonds. The minimum Gasteiger partial charge on any atom is -0.310 e. The van der Waals surface area contributed by atoms with Crippen LogP contribution < -0.4 is 5.32 Å². The molecule has 0 aliphatic heterocycles. The van der Waals surface area contributed by atoms with Crippen LogP contribution in [-0.4, -0.2) is 6.04 Å². The summed E-state index contributed by atoms with van der Waals surface area (Å²) in [5, 5.41) is 3.77. The molecule has 1 heteroatoms. The van der Waals surface area contributed by atoms with Crippen LogP contribution in [0.25, 0.3) is 0 Å². The lowest BCUT2D eigenvalue weighted by Gasteiger charge is -2.25. The van der Waals surface area contributed by atoms with Crippen molar-refractivity contribution in [2.24, 2.45) is 0 Å². The zero-order chi connectivity index (χ0) is 14.1. The Morgan fingerprint density at radius 3 is 2.62 bits per heavy atom. The monoisotopic (exact) mass is 277 g/mol. The predicted molar refractivity (Wildman–Crippen MR) is 87.6 cm³/mol. The summed E-state index contributed by atoms with van der Waals surface area (Å²) in [6.45, 7) is 1.01. The SMILES string of the molecule is c1ccc2c(c1)CCC(NCc1ccc3c(c1)CCC3)C2. The molecule has 2 aromatic carbocycles. The van der Waals surface area contributed by atoms with Gasteiger partial charge in [-0.2, -0.15) is 0 Å². The first-order valence-corrected chi connectivity index (χ1v) is 8.29. The van der Waals surface area contributed by atoms with E-state index in [0.29, 0.717) is 6.04 Å². The van der Waals surface area contributed by atoms with Crippen molar-refractivity contribution in [1.29, 1.82) is 0 Å². The van der Waals surface area contributed by atoms with Crippen LogP contribution in [0, 0.1) is 0 Å². The first-order valence-electron chi connectivity index (χ1n) is 8.29. The van der Waals surface area contributed by atoms with Gasteiger partial charge in [-0.05, 0) is 66.3 Å². The highest BCUT2D eigenvalue weighted by atomic mass is 14.9. The smallest absolute Gasteiger partial charge is 0.0208 e. The van der Waals surface area contributed by atoms with Crippen molar-refractivity contribution in [3.05, 3.63) is 70.3 Å². The van der Waals surface area contributed by atoms with Gasteiger partial charge in [0.15, 0.2) is 0 Å². The Kier molecular flexibility index (Phi) is 3.52. The molecule has 1 nitrogen and oxygen atoms in total. The van der Waals surface area contributed by atoms with Crippen LogP contribution in [0.2, 0.25) is 0 Å². The number of benzene rings is 2. The van der Waals surface area contributed by atoms with Gasteiger partial charge in [-0.1, -0.05) is 42.5 Å². The summed E-state index contributed by atoms with van der Waals surface area (Å²) in [5.74, 6) is 0. The summed E-state index contributed by atoms with van der Waals surface area (Å²) in [5.41, 5.74) is 7.70. The molecule has 0 heterocycles. The van der Waals surface area contributed by atoms with Crippen LogP contribution in [0.4, 0.5) is 0 Å². The van der Waals surface area contributed by atoms with E-state index in [0.717, 1.165) is 6.54 Å². The van der Waals surface area contributed by atoms with Gasteiger partial charge >= 0.3 is 0 Å². The van der Waals surface area contributed by atoms with Gasteiger partial charge in [0.2, 0.25) is 0 Å². The van der Waals surface area contributed by atoms with E-state index in [2.05, 4.69) is 47.8 Å². The molecule has 2 aliphatic carbocycles. The van der Waals surface area contributed by atoms with Crippen molar-refractivity contribution in [2.75, 3.05) is 0 Å². The van der Waals surface area contributed by atoms with Gasteiger partial charge in [-0.15, -0.1) is 0 Å². The number of nitrogens with one attached hydrogen (secondary N) is 1. The molecule has 0 bridgehead atoms. The fraction of sp³-hybridized carbons (Fsp3) is 0.400. The van der Waals surface area contributed by atoms with Gasteiger partial charge in [-0.3, -0.25) is 0 Å². The molecular weight excluding hydrogens is 254 g/mol. The number of fused-ring (bicyclic) bond motifs is 2. The second-order valence-electron chi connectivity index (χ2n) is 6.55. The van der Waals surface area contributed by atoms with Gasteiger partial charge < -0.3 is 5.32 Å². The zero-order valence-corrected chi connectivity index (χ0v) is 12.6. The fourth-order valence-corrected chi connectivity index (χ4v) is 3.87. The van der Waals surface area contributed by atoms with Gasteiger partial charge in [0.05, 0.1) is 0 Å². The molecule has 1 unspecified atom stereocenters. The number of hydrogen-bond donors (Lipinski definition) is 1. The molecule has 0 saturated carbocycles. The van der Waals surface area contributed by atoms with Crippen LogP contribution in [0.5, 0.6) is 0 Å². The standard InChI is InChI=1S/C20H23N/c1-2-5-19-13-20(11-10-16(19)4-1)21-14-15-8-9-17-6-3-7-18(17)12-15/h1-2,4-5,8-9,12,20-21H,3,6-7,10-11,13-14H2. The minimum atomic E-state index is 0.633. The van der Waals surface area contributed by atoms with Gasteiger partial charge in [0.1, 0.15) is 0 Å². The van der Waals surface area contributed by atoms with E-state index in [-0.39, 0.29) is 0 Å². The summed E-state index contributed by atoms with van der Waals surface area (Å²) in [6, 6.07) is 16.6. The molecule has 1 atom stereocenters. The molecular formula is C20H23N. The summed E-state index contributed by atoms with van der Waals surface area (Å²) in [4.78, 5) is 0. The molecule has 0 radical (unpaired) electrons. The average Bonchev–Trinajstić information content (AvgIpc) is 3.00. The fourth-order valence-electron chi connectivity index (χ4n) is 3.87. The van der Waals surface area contributed by atoms with Gasteiger partial charge in [0, 0.05) is 12.6 Å². The van der Waals surface area contributed by atoms with Crippen LogP contribution in [0.3, 0.4) is 0 Å². The van der Waals surface area contributed by atoms with Crippen LogP contribution in [0.15, 0.2) is 42.5 Å². The molecule has 0 spiro atoms. The third kappa shape index (κ3) is 2.75. The largest absolute Gasteiger partial charge is 0.310 e. The Hall–Kier alpha value is -1.60. The van der Waals surface area contributed by atoms with E-state index >= 15 is 0 Å². The number of hydrogen-bond acceptors (Lipinski definition) is 1. The molecule has 2 aliphatic rings. The third-order valence-corrected chi connectivity index (χ3v) is 5.10. The van der Waals surface area contributed by atoms with E-state index in [4.69, 9.17) is 0 Å². The summed E-state index contributed by atoms with van der Waals surface area (Å²) >= 11 is 0. The molecule has 4 rings (SSSR count). The minimum absolute atomic E-state index is 0.633. The van der Waals surface area contributed by atoms with E-state index < -0.39 is 0 Å². The van der Waals surface area contributed by atoms with E-state index in [1.807, 2.05) is 0 Å². The second-order valence-corrected chi connectivity index (χ2v) is 6.55. The van der Waals surface area contributed by atoms with Crippen LogP contribution in [0.1, 0.15) is 40.7 Å². The maximum Gasteiger partial charge on any atom is 0.0208 e. The highest BCUT2D eigenvalue weighted by Crippen LogP contribution is 2.24. The quantitative estimate of drug-likeness (QED) is 0.899. The average molecular weight is 277 g/mol. The van der Waals surface area contributed by atoms with Crippen LogP contribution >= 0.6 is 0 Å². The van der Waals surface area contributed by atoms with Crippen molar-refractivity contribution in [3.63, 3.8) is 0 Å². The molecule has 21 heavy (non-hydrogen) atoms. The Morgan fingerprint density at radius 2 is 1.67 bits per heavy atom. The molecule has 0 fully saturated rings. The Balaban J connectivity index is 1.39. The van der Waals surface area contributed by atoms with Crippen molar-refractivity contribution in [3.8, 4) is 0 Å². The topological polar surface area (TPSA) is 12.0 Å². The highest BCUT2D eigenvalue weighted by Gasteiger charge is 2.18. The van der Waals surface area contributed by atoms with Crippen molar-refractivity contribution in [2.45, 2.75) is 51.1 Å². The summed E-state index contributed by atoms with van der Waals surface area (Å²) < 4.78 is 0.